The summed E-state index contributed by atoms with van der Waals surface area (Å²) in [5.41, 5.74) is 0. The zero-order valence-electron chi connectivity index (χ0n) is 15.8. The van der Waals surface area contributed by atoms with Gasteiger partial charge in [0.25, 0.3) is 0 Å². The minimum absolute atomic E-state index is 0.168. The number of hydrogen-bond donors (Lipinski definition) is 0. The van der Waals surface area contributed by atoms with Crippen LogP contribution in [0.5, 0.6) is 0 Å². The fraction of sp³-hybridized carbons (Fsp3) is 0.857. The summed E-state index contributed by atoms with van der Waals surface area (Å²) in [5, 5.41) is 0. The Hall–Kier alpha value is -0.790. The maximum absolute atomic E-state index is 11.5. The summed E-state index contributed by atoms with van der Waals surface area (Å²) in [5.74, 6) is -0.168. The highest BCUT2D eigenvalue weighted by Gasteiger charge is 1.97. The van der Waals surface area contributed by atoms with E-state index in [0.29, 0.717) is 6.61 Å². The molecule has 0 aromatic carbocycles. The highest BCUT2D eigenvalue weighted by molar-refractivity contribution is 5.81. The molecule has 0 spiro atoms. The molecule has 0 fully saturated rings. The summed E-state index contributed by atoms with van der Waals surface area (Å²) in [6.45, 7) is 5.06. The van der Waals surface area contributed by atoms with Gasteiger partial charge < -0.3 is 4.74 Å². The summed E-state index contributed by atoms with van der Waals surface area (Å²) >= 11 is 0. The van der Waals surface area contributed by atoms with E-state index in [1.54, 1.807) is 6.08 Å². The van der Waals surface area contributed by atoms with Gasteiger partial charge in [0, 0.05) is 6.08 Å². The predicted molar refractivity (Wildman–Crippen MR) is 101 cm³/mol. The van der Waals surface area contributed by atoms with Gasteiger partial charge in [0.05, 0.1) is 6.61 Å². The molecule has 23 heavy (non-hydrogen) atoms. The Balaban J connectivity index is 3.23. The summed E-state index contributed by atoms with van der Waals surface area (Å²) in [6.07, 6.45) is 22.6. The Morgan fingerprint density at radius 2 is 1.17 bits per heavy atom. The van der Waals surface area contributed by atoms with Gasteiger partial charge in [-0.1, -0.05) is 97.0 Å². The van der Waals surface area contributed by atoms with E-state index in [9.17, 15) is 4.79 Å². The van der Waals surface area contributed by atoms with Gasteiger partial charge in [0.1, 0.15) is 0 Å². The van der Waals surface area contributed by atoms with Crippen molar-refractivity contribution in [2.24, 2.45) is 0 Å². The Bertz CT molecular complexity index is 271. The number of carbonyl (C=O) groups is 1. The van der Waals surface area contributed by atoms with Crippen LogP contribution in [0, 0.1) is 0 Å². The maximum Gasteiger partial charge on any atom is 0.330 e. The van der Waals surface area contributed by atoms with Crippen LogP contribution in [0.25, 0.3) is 0 Å². The molecule has 0 radical (unpaired) electrons. The second kappa shape index (κ2) is 19.3. The van der Waals surface area contributed by atoms with E-state index in [2.05, 4.69) is 13.8 Å². The van der Waals surface area contributed by atoms with E-state index in [0.717, 1.165) is 12.8 Å². The molecule has 0 atom stereocenters. The molecule has 0 aliphatic rings. The molecule has 0 saturated heterocycles. The highest BCUT2D eigenvalue weighted by Crippen LogP contribution is 2.09. The Labute approximate surface area is 145 Å². The lowest BCUT2D eigenvalue weighted by Gasteiger charge is -2.03. The molecule has 0 aromatic heterocycles. The Kier molecular flexibility index (Phi) is 18.6. The normalized spacial score (nSPS) is 11.2. The fourth-order valence-electron chi connectivity index (χ4n) is 2.68. The fourth-order valence-corrected chi connectivity index (χ4v) is 2.68. The van der Waals surface area contributed by atoms with Crippen molar-refractivity contribution in [3.05, 3.63) is 12.2 Å². The van der Waals surface area contributed by atoms with Crippen molar-refractivity contribution in [2.45, 2.75) is 110 Å². The topological polar surface area (TPSA) is 26.3 Å². The number of esters is 1. The molecule has 0 heterocycles. The molecule has 0 aromatic rings. The minimum Gasteiger partial charge on any atom is -0.463 e. The van der Waals surface area contributed by atoms with Crippen molar-refractivity contribution in [2.75, 3.05) is 6.61 Å². The molecule has 0 saturated carbocycles. The molecule has 0 bridgehead atoms. The zero-order chi connectivity index (χ0) is 17.0. The van der Waals surface area contributed by atoms with E-state index in [1.165, 1.54) is 83.5 Å². The van der Waals surface area contributed by atoms with E-state index >= 15 is 0 Å². The molecule has 0 amide bonds. The van der Waals surface area contributed by atoms with Crippen LogP contribution in [0.1, 0.15) is 110 Å². The van der Waals surface area contributed by atoms with Crippen molar-refractivity contribution < 1.29 is 9.53 Å². The summed E-state index contributed by atoms with van der Waals surface area (Å²) in [6, 6.07) is 0. The first-order valence-corrected chi connectivity index (χ1v) is 10.1. The molecule has 2 heteroatoms. The quantitative estimate of drug-likeness (QED) is 0.164. The van der Waals surface area contributed by atoms with Gasteiger partial charge >= 0.3 is 5.97 Å². The number of rotatable bonds is 17. The smallest absolute Gasteiger partial charge is 0.330 e. The molecule has 0 aliphatic carbocycles. The van der Waals surface area contributed by atoms with Gasteiger partial charge in [0.2, 0.25) is 0 Å². The monoisotopic (exact) mass is 324 g/mol. The number of carbonyl (C=O) groups excluding carboxylic acids is 1. The van der Waals surface area contributed by atoms with Crippen LogP contribution in [-0.4, -0.2) is 12.6 Å². The standard InChI is InChI=1S/C21H40O2/c1-3-5-7-9-11-12-14-16-18-20-23-21(22)19-17-15-13-10-8-6-4-2/h17,19H,3-16,18,20H2,1-2H3/b19-17+. The van der Waals surface area contributed by atoms with Gasteiger partial charge in [0.15, 0.2) is 0 Å². The lowest BCUT2D eigenvalue weighted by Crippen LogP contribution is -2.02. The average molecular weight is 325 g/mol. The summed E-state index contributed by atoms with van der Waals surface area (Å²) in [4.78, 5) is 11.5. The minimum atomic E-state index is -0.168. The van der Waals surface area contributed by atoms with Gasteiger partial charge in [-0.05, 0) is 19.3 Å². The first-order valence-electron chi connectivity index (χ1n) is 10.1. The molecule has 2 nitrogen and oxygen atoms in total. The third kappa shape index (κ3) is 19.2. The molecule has 136 valence electrons. The van der Waals surface area contributed by atoms with E-state index in [-0.39, 0.29) is 5.97 Å². The van der Waals surface area contributed by atoms with Gasteiger partial charge in [-0.15, -0.1) is 0 Å². The third-order valence-corrected chi connectivity index (χ3v) is 4.22. The highest BCUT2D eigenvalue weighted by atomic mass is 16.5. The largest absolute Gasteiger partial charge is 0.463 e. The van der Waals surface area contributed by atoms with E-state index in [4.69, 9.17) is 4.74 Å². The lowest BCUT2D eigenvalue weighted by molar-refractivity contribution is -0.137. The van der Waals surface area contributed by atoms with Gasteiger partial charge in [-0.3, -0.25) is 0 Å². The van der Waals surface area contributed by atoms with Crippen LogP contribution in [0.15, 0.2) is 12.2 Å². The number of hydrogen-bond acceptors (Lipinski definition) is 2. The van der Waals surface area contributed by atoms with Crippen LogP contribution < -0.4 is 0 Å². The molecular weight excluding hydrogens is 284 g/mol. The van der Waals surface area contributed by atoms with Crippen molar-refractivity contribution in [3.63, 3.8) is 0 Å². The van der Waals surface area contributed by atoms with Crippen molar-refractivity contribution >= 4 is 5.97 Å². The van der Waals surface area contributed by atoms with E-state index in [1.807, 2.05) is 6.08 Å². The zero-order valence-corrected chi connectivity index (χ0v) is 15.8. The van der Waals surface area contributed by atoms with E-state index < -0.39 is 0 Å². The van der Waals surface area contributed by atoms with Crippen LogP contribution in [0.4, 0.5) is 0 Å². The maximum atomic E-state index is 11.5. The molecular formula is C21H40O2. The van der Waals surface area contributed by atoms with Crippen LogP contribution >= 0.6 is 0 Å². The number of ether oxygens (including phenoxy) is 1. The van der Waals surface area contributed by atoms with Crippen LogP contribution in [0.2, 0.25) is 0 Å². The number of unbranched alkanes of at least 4 members (excludes halogenated alkanes) is 13. The Morgan fingerprint density at radius 1 is 0.696 bits per heavy atom. The number of allylic oxidation sites excluding steroid dienone is 1. The van der Waals surface area contributed by atoms with Crippen molar-refractivity contribution in [1.29, 1.82) is 0 Å². The molecule has 0 aliphatic heterocycles. The van der Waals surface area contributed by atoms with Crippen molar-refractivity contribution in [1.82, 2.24) is 0 Å². The first kappa shape index (κ1) is 22.2. The van der Waals surface area contributed by atoms with Crippen molar-refractivity contribution in [3.8, 4) is 0 Å². The first-order chi connectivity index (χ1) is 11.3. The predicted octanol–water partition coefficient (Wildman–Crippen LogP) is 6.98. The molecule has 0 N–H and O–H groups in total. The summed E-state index contributed by atoms with van der Waals surface area (Å²) < 4.78 is 5.22. The van der Waals surface area contributed by atoms with Gasteiger partial charge in [-0.25, -0.2) is 4.79 Å². The second-order valence-electron chi connectivity index (χ2n) is 6.60. The van der Waals surface area contributed by atoms with Gasteiger partial charge in [-0.2, -0.15) is 0 Å². The van der Waals surface area contributed by atoms with Crippen LogP contribution in [0.3, 0.4) is 0 Å². The molecule has 0 rings (SSSR count). The lowest BCUT2D eigenvalue weighted by atomic mass is 10.1. The second-order valence-corrected chi connectivity index (χ2v) is 6.60. The SMILES string of the molecule is CCCCCCC/C=C/C(=O)OCCCCCCCCCCC. The van der Waals surface area contributed by atoms with Crippen LogP contribution in [-0.2, 0) is 9.53 Å². The Morgan fingerprint density at radius 3 is 1.74 bits per heavy atom. The average Bonchev–Trinajstić information content (AvgIpc) is 2.55. The third-order valence-electron chi connectivity index (χ3n) is 4.22. The molecule has 0 unspecified atom stereocenters. The summed E-state index contributed by atoms with van der Waals surface area (Å²) in [7, 11) is 0.